The number of nitrogens with zero attached hydrogens (tertiary/aromatic N) is 3. The van der Waals surface area contributed by atoms with Gasteiger partial charge in [0.2, 0.25) is 5.88 Å². The predicted octanol–water partition coefficient (Wildman–Crippen LogP) is 5.59. The molecule has 0 saturated carbocycles. The molecular weight excluding hydrogens is 330 g/mol. The van der Waals surface area contributed by atoms with E-state index in [4.69, 9.17) is 4.74 Å². The van der Waals surface area contributed by atoms with Crippen molar-refractivity contribution >= 4 is 22.5 Å². The van der Waals surface area contributed by atoms with Gasteiger partial charge in [-0.2, -0.15) is 0 Å². The molecule has 0 aliphatic heterocycles. The Hall–Kier alpha value is -2.37. The first-order valence-electron chi connectivity index (χ1n) is 9.15. The van der Waals surface area contributed by atoms with Crippen molar-refractivity contribution in [2.75, 3.05) is 7.11 Å². The summed E-state index contributed by atoms with van der Waals surface area (Å²) in [5.74, 6) is 0.420. The van der Waals surface area contributed by atoms with Gasteiger partial charge in [0.25, 0.3) is 5.91 Å². The summed E-state index contributed by atoms with van der Waals surface area (Å²) in [4.78, 5) is 12.1. The van der Waals surface area contributed by atoms with Crippen molar-refractivity contribution in [3.63, 3.8) is 0 Å². The average molecular weight is 359 g/mol. The molecule has 2 rings (SSSR count). The van der Waals surface area contributed by atoms with Gasteiger partial charge < -0.3 is 14.4 Å². The molecular formula is C20H29N3O3. The Morgan fingerprint density at radius 2 is 1.96 bits per heavy atom. The van der Waals surface area contributed by atoms with Crippen LogP contribution in [0.4, 0.5) is 5.69 Å². The van der Waals surface area contributed by atoms with E-state index in [1.165, 1.54) is 0 Å². The number of hydrogen-bond acceptors (Lipinski definition) is 4. The van der Waals surface area contributed by atoms with E-state index < -0.39 is 5.41 Å². The highest BCUT2D eigenvalue weighted by Gasteiger charge is 2.22. The van der Waals surface area contributed by atoms with Gasteiger partial charge in [-0.05, 0) is 18.6 Å². The van der Waals surface area contributed by atoms with Crippen LogP contribution >= 0.6 is 0 Å². The minimum absolute atomic E-state index is 0.0372. The molecule has 0 fully saturated rings. The SMILES string of the molecule is CCCCCCn1c(O)c(N=NC(=O)C(C)(C)C)c2ccc(OC)cc21. The van der Waals surface area contributed by atoms with Crippen LogP contribution in [0, 0.1) is 5.41 Å². The standard InChI is InChI=1S/C20H29N3O3/c1-6-7-8-9-12-23-16-13-14(26-5)10-11-15(16)17(18(23)24)21-22-19(25)20(2,3)4/h10-11,13,24H,6-9,12H2,1-5H3. The number of carbonyl (C=O) groups is 1. The van der Waals surface area contributed by atoms with Crippen LogP contribution in [0.1, 0.15) is 53.4 Å². The number of hydrogen-bond donors (Lipinski definition) is 1. The van der Waals surface area contributed by atoms with E-state index in [9.17, 15) is 9.90 Å². The van der Waals surface area contributed by atoms with Crippen molar-refractivity contribution in [3.05, 3.63) is 18.2 Å². The molecule has 1 aromatic carbocycles. The van der Waals surface area contributed by atoms with Gasteiger partial charge in [-0.1, -0.05) is 47.0 Å². The number of fused-ring (bicyclic) bond motifs is 1. The van der Waals surface area contributed by atoms with E-state index in [2.05, 4.69) is 17.2 Å². The second-order valence-electron chi connectivity index (χ2n) is 7.52. The summed E-state index contributed by atoms with van der Waals surface area (Å²) in [6.07, 6.45) is 4.37. The number of unbranched alkanes of at least 4 members (excludes halogenated alkanes) is 3. The number of methoxy groups -OCH3 is 1. The summed E-state index contributed by atoms with van der Waals surface area (Å²) < 4.78 is 7.13. The quantitative estimate of drug-likeness (QED) is 0.517. The zero-order valence-electron chi connectivity index (χ0n) is 16.4. The Kier molecular flexibility index (Phi) is 6.40. The van der Waals surface area contributed by atoms with Crippen LogP contribution in [0.15, 0.2) is 28.4 Å². The van der Waals surface area contributed by atoms with Crippen molar-refractivity contribution in [2.24, 2.45) is 15.6 Å². The van der Waals surface area contributed by atoms with Crippen LogP contribution < -0.4 is 4.74 Å². The fourth-order valence-electron chi connectivity index (χ4n) is 2.69. The second-order valence-corrected chi connectivity index (χ2v) is 7.52. The zero-order valence-corrected chi connectivity index (χ0v) is 16.4. The summed E-state index contributed by atoms with van der Waals surface area (Å²) in [7, 11) is 1.61. The van der Waals surface area contributed by atoms with Crippen LogP contribution in [-0.4, -0.2) is 22.7 Å². The van der Waals surface area contributed by atoms with E-state index in [1.807, 2.05) is 22.8 Å². The Balaban J connectivity index is 2.44. The van der Waals surface area contributed by atoms with Crippen molar-refractivity contribution in [2.45, 2.75) is 59.9 Å². The molecule has 1 amide bonds. The molecule has 142 valence electrons. The average Bonchev–Trinajstić information content (AvgIpc) is 2.86. The van der Waals surface area contributed by atoms with Crippen molar-refractivity contribution in [1.82, 2.24) is 4.57 Å². The van der Waals surface area contributed by atoms with E-state index in [0.29, 0.717) is 18.0 Å². The summed E-state index contributed by atoms with van der Waals surface area (Å²) in [5.41, 5.74) is 0.548. The lowest BCUT2D eigenvalue weighted by molar-refractivity contribution is -0.125. The third-order valence-corrected chi connectivity index (χ3v) is 4.34. The van der Waals surface area contributed by atoms with Gasteiger partial charge in [0.15, 0.2) is 5.69 Å². The van der Waals surface area contributed by atoms with Crippen LogP contribution in [0.2, 0.25) is 0 Å². The van der Waals surface area contributed by atoms with Crippen LogP contribution in [0.25, 0.3) is 10.9 Å². The number of carbonyl (C=O) groups excluding carboxylic acids is 1. The van der Waals surface area contributed by atoms with Crippen molar-refractivity contribution in [1.29, 1.82) is 0 Å². The summed E-state index contributed by atoms with van der Waals surface area (Å²) in [5, 5.41) is 19.4. The Labute approximate surface area is 154 Å². The molecule has 1 heterocycles. The molecule has 0 unspecified atom stereocenters. The first-order chi connectivity index (χ1) is 12.3. The maximum absolute atomic E-state index is 12.1. The van der Waals surface area contributed by atoms with Crippen molar-refractivity contribution in [3.8, 4) is 11.6 Å². The first kappa shape index (κ1) is 19.9. The smallest absolute Gasteiger partial charge is 0.270 e. The molecule has 6 heteroatoms. The van der Waals surface area contributed by atoms with Gasteiger partial charge in [-0.25, -0.2) is 0 Å². The number of benzene rings is 1. The molecule has 0 saturated heterocycles. The molecule has 0 spiro atoms. The van der Waals surface area contributed by atoms with E-state index in [-0.39, 0.29) is 11.8 Å². The maximum Gasteiger partial charge on any atom is 0.270 e. The lowest BCUT2D eigenvalue weighted by Crippen LogP contribution is -2.16. The first-order valence-corrected chi connectivity index (χ1v) is 9.15. The lowest BCUT2D eigenvalue weighted by Gasteiger charge is -2.10. The van der Waals surface area contributed by atoms with Gasteiger partial charge in [0.1, 0.15) is 5.75 Å². The number of amides is 1. The van der Waals surface area contributed by atoms with Crippen LogP contribution in [0.3, 0.4) is 0 Å². The highest BCUT2D eigenvalue weighted by molar-refractivity contribution is 5.96. The molecule has 26 heavy (non-hydrogen) atoms. The van der Waals surface area contributed by atoms with Gasteiger partial charge in [-0.15, -0.1) is 10.2 Å². The van der Waals surface area contributed by atoms with Crippen LogP contribution in [-0.2, 0) is 11.3 Å². The number of aromatic hydroxyl groups is 1. The van der Waals surface area contributed by atoms with Gasteiger partial charge in [0.05, 0.1) is 12.6 Å². The van der Waals surface area contributed by atoms with Gasteiger partial charge >= 0.3 is 0 Å². The monoisotopic (exact) mass is 359 g/mol. The Morgan fingerprint density at radius 3 is 2.58 bits per heavy atom. The highest BCUT2D eigenvalue weighted by Crippen LogP contribution is 2.40. The van der Waals surface area contributed by atoms with E-state index >= 15 is 0 Å². The highest BCUT2D eigenvalue weighted by atomic mass is 16.5. The van der Waals surface area contributed by atoms with E-state index in [1.54, 1.807) is 27.9 Å². The third-order valence-electron chi connectivity index (χ3n) is 4.34. The molecule has 0 atom stereocenters. The lowest BCUT2D eigenvalue weighted by atomic mass is 9.96. The number of rotatable bonds is 7. The van der Waals surface area contributed by atoms with E-state index in [0.717, 1.165) is 36.6 Å². The van der Waals surface area contributed by atoms with Crippen molar-refractivity contribution < 1.29 is 14.6 Å². The molecule has 0 aliphatic carbocycles. The number of ether oxygens (including phenoxy) is 1. The fraction of sp³-hybridized carbons (Fsp3) is 0.550. The normalized spacial score (nSPS) is 12.2. The largest absolute Gasteiger partial charge is 0.497 e. The van der Waals surface area contributed by atoms with Crippen LogP contribution in [0.5, 0.6) is 11.6 Å². The summed E-state index contributed by atoms with van der Waals surface area (Å²) in [6, 6.07) is 5.53. The number of aryl methyl sites for hydroxylation is 1. The number of aromatic nitrogens is 1. The zero-order chi connectivity index (χ0) is 19.3. The predicted molar refractivity (Wildman–Crippen MR) is 103 cm³/mol. The minimum Gasteiger partial charge on any atom is -0.497 e. The molecule has 2 aromatic rings. The topological polar surface area (TPSA) is 76.2 Å². The molecule has 0 bridgehead atoms. The molecule has 0 aliphatic rings. The number of azo groups is 1. The third kappa shape index (κ3) is 4.42. The molecule has 6 nitrogen and oxygen atoms in total. The minimum atomic E-state index is -0.610. The Bertz CT molecular complexity index is 801. The molecule has 1 aromatic heterocycles. The Morgan fingerprint density at radius 1 is 1.23 bits per heavy atom. The fourth-order valence-corrected chi connectivity index (χ4v) is 2.69. The second kappa shape index (κ2) is 8.34. The molecule has 1 N–H and O–H groups in total. The summed E-state index contributed by atoms with van der Waals surface area (Å²) >= 11 is 0. The van der Waals surface area contributed by atoms with Gasteiger partial charge in [-0.3, -0.25) is 4.79 Å². The summed E-state index contributed by atoms with van der Waals surface area (Å²) in [6.45, 7) is 8.21. The van der Waals surface area contributed by atoms with Gasteiger partial charge in [0, 0.05) is 23.4 Å². The molecule has 0 radical (unpaired) electrons. The maximum atomic E-state index is 12.1.